The number of anilines is 1. The third-order valence-corrected chi connectivity index (χ3v) is 5.63. The van der Waals surface area contributed by atoms with Crippen molar-refractivity contribution >= 4 is 34.2 Å². The summed E-state index contributed by atoms with van der Waals surface area (Å²) in [5, 5.41) is 33.4. The SMILES string of the molecule is Nc1cc(-c2n[nH]nc2-c2c[nH]c(C(=O)NC(CO)c3ccccc3)c2)cc(I)c1O. The number of aliphatic hydroxyl groups excluding tert-OH is 1. The van der Waals surface area contributed by atoms with E-state index in [1.54, 1.807) is 24.4 Å². The molecule has 10 heteroatoms. The van der Waals surface area contributed by atoms with Gasteiger partial charge in [-0.05, 0) is 46.4 Å². The lowest BCUT2D eigenvalue weighted by Gasteiger charge is -2.16. The number of nitrogens with one attached hydrogen (secondary N) is 3. The van der Waals surface area contributed by atoms with Gasteiger partial charge in [-0.15, -0.1) is 0 Å². The summed E-state index contributed by atoms with van der Waals surface area (Å²) in [6, 6.07) is 13.7. The van der Waals surface area contributed by atoms with Crippen LogP contribution in [0.1, 0.15) is 22.1 Å². The summed E-state index contributed by atoms with van der Waals surface area (Å²) in [6.45, 7) is -0.225. The number of hydrogen-bond acceptors (Lipinski definition) is 6. The van der Waals surface area contributed by atoms with E-state index in [0.717, 1.165) is 5.56 Å². The molecule has 158 valence electrons. The van der Waals surface area contributed by atoms with Gasteiger partial charge < -0.3 is 26.2 Å². The zero-order valence-corrected chi connectivity index (χ0v) is 18.3. The van der Waals surface area contributed by atoms with Crippen LogP contribution in [0.4, 0.5) is 5.69 Å². The van der Waals surface area contributed by atoms with Crippen LogP contribution in [0.5, 0.6) is 5.75 Å². The fraction of sp³-hybridized carbons (Fsp3) is 0.0952. The van der Waals surface area contributed by atoms with Crippen LogP contribution in [0.3, 0.4) is 0 Å². The van der Waals surface area contributed by atoms with Crippen LogP contribution < -0.4 is 11.1 Å². The minimum atomic E-state index is -0.523. The molecule has 2 heterocycles. The molecule has 9 nitrogen and oxygen atoms in total. The maximum absolute atomic E-state index is 12.7. The first-order chi connectivity index (χ1) is 15.0. The van der Waals surface area contributed by atoms with Gasteiger partial charge in [0.25, 0.3) is 5.91 Å². The van der Waals surface area contributed by atoms with E-state index in [-0.39, 0.29) is 24.0 Å². The summed E-state index contributed by atoms with van der Waals surface area (Å²) in [4.78, 5) is 15.7. The molecule has 0 bridgehead atoms. The van der Waals surface area contributed by atoms with E-state index in [4.69, 9.17) is 5.73 Å². The molecule has 0 radical (unpaired) electrons. The Balaban J connectivity index is 1.59. The maximum atomic E-state index is 12.7. The lowest BCUT2D eigenvalue weighted by atomic mass is 10.1. The van der Waals surface area contributed by atoms with E-state index in [9.17, 15) is 15.0 Å². The summed E-state index contributed by atoms with van der Waals surface area (Å²) in [5.74, 6) is -0.338. The minimum Gasteiger partial charge on any atom is -0.505 e. The standard InChI is InChI=1S/C21H19IN6O3/c22-14-6-12(7-15(23)20(14)30)18-19(27-28-26-18)13-8-16(24-9-13)21(31)25-17(10-29)11-4-2-1-3-5-11/h1-9,17,24,29-30H,10,23H2,(H,25,31)(H,26,27,28). The van der Waals surface area contributed by atoms with Gasteiger partial charge in [0, 0.05) is 17.3 Å². The number of nitrogen functional groups attached to an aromatic ring is 1. The number of phenolic OH excluding ortho intramolecular Hbond substituents is 1. The Bertz CT molecular complexity index is 1200. The molecule has 0 aliphatic carbocycles. The number of H-pyrrole nitrogens is 2. The Morgan fingerprint density at radius 1 is 1.13 bits per heavy atom. The highest BCUT2D eigenvalue weighted by Crippen LogP contribution is 2.35. The molecular weight excluding hydrogens is 511 g/mol. The molecule has 4 rings (SSSR count). The van der Waals surface area contributed by atoms with E-state index in [0.29, 0.717) is 31.8 Å². The van der Waals surface area contributed by atoms with E-state index in [1.807, 2.05) is 52.9 Å². The maximum Gasteiger partial charge on any atom is 0.268 e. The predicted molar refractivity (Wildman–Crippen MR) is 124 cm³/mol. The van der Waals surface area contributed by atoms with Crippen molar-refractivity contribution in [1.29, 1.82) is 0 Å². The number of carbonyl (C=O) groups excluding carboxylic acids is 1. The second-order valence-electron chi connectivity index (χ2n) is 6.84. The van der Waals surface area contributed by atoms with Crippen LogP contribution >= 0.6 is 22.6 Å². The van der Waals surface area contributed by atoms with Crippen LogP contribution in [0.15, 0.2) is 54.7 Å². The van der Waals surface area contributed by atoms with Crippen LogP contribution in [-0.4, -0.2) is 43.1 Å². The monoisotopic (exact) mass is 530 g/mol. The minimum absolute atomic E-state index is 0.0202. The van der Waals surface area contributed by atoms with Crippen LogP contribution in [0.25, 0.3) is 22.5 Å². The first-order valence-electron chi connectivity index (χ1n) is 9.32. The molecule has 0 saturated carbocycles. The molecule has 0 saturated heterocycles. The Labute approximate surface area is 190 Å². The van der Waals surface area contributed by atoms with Gasteiger partial charge >= 0.3 is 0 Å². The lowest BCUT2D eigenvalue weighted by Crippen LogP contribution is -2.30. The van der Waals surface area contributed by atoms with Gasteiger partial charge in [0.05, 0.1) is 21.9 Å². The number of aromatic nitrogens is 4. The Morgan fingerprint density at radius 2 is 1.84 bits per heavy atom. The van der Waals surface area contributed by atoms with Crippen LogP contribution in [0, 0.1) is 3.57 Å². The first-order valence-corrected chi connectivity index (χ1v) is 10.4. The average Bonchev–Trinajstić information content (AvgIpc) is 3.45. The van der Waals surface area contributed by atoms with Crippen molar-refractivity contribution in [3.63, 3.8) is 0 Å². The highest BCUT2D eigenvalue weighted by molar-refractivity contribution is 14.1. The van der Waals surface area contributed by atoms with Crippen LogP contribution in [0.2, 0.25) is 0 Å². The molecule has 1 unspecified atom stereocenters. The molecule has 7 N–H and O–H groups in total. The van der Waals surface area contributed by atoms with E-state index in [2.05, 4.69) is 25.7 Å². The van der Waals surface area contributed by atoms with Crippen molar-refractivity contribution in [1.82, 2.24) is 25.7 Å². The summed E-state index contributed by atoms with van der Waals surface area (Å²) < 4.78 is 0.589. The van der Waals surface area contributed by atoms with Gasteiger partial charge in [-0.1, -0.05) is 30.3 Å². The summed E-state index contributed by atoms with van der Waals surface area (Å²) >= 11 is 1.99. The topological polar surface area (TPSA) is 153 Å². The highest BCUT2D eigenvalue weighted by atomic mass is 127. The number of aromatic amines is 2. The second kappa shape index (κ2) is 8.78. The van der Waals surface area contributed by atoms with Gasteiger partial charge in [-0.25, -0.2) is 0 Å². The molecule has 31 heavy (non-hydrogen) atoms. The fourth-order valence-electron chi connectivity index (χ4n) is 3.21. The third kappa shape index (κ3) is 4.25. The number of aromatic hydroxyl groups is 1. The normalized spacial score (nSPS) is 11.9. The summed E-state index contributed by atoms with van der Waals surface area (Å²) in [5.41, 5.74) is 9.63. The third-order valence-electron chi connectivity index (χ3n) is 4.81. The quantitative estimate of drug-likeness (QED) is 0.128. The zero-order valence-electron chi connectivity index (χ0n) is 16.1. The Hall–Kier alpha value is -3.38. The molecule has 0 aliphatic rings. The number of nitrogens with zero attached hydrogens (tertiary/aromatic N) is 2. The van der Waals surface area contributed by atoms with Gasteiger partial charge in [-0.2, -0.15) is 15.4 Å². The first kappa shape index (κ1) is 20.9. The number of aliphatic hydroxyl groups is 1. The molecule has 1 amide bonds. The molecular formula is C21H19IN6O3. The van der Waals surface area contributed by atoms with Crippen molar-refractivity contribution in [2.45, 2.75) is 6.04 Å². The number of hydrogen-bond donors (Lipinski definition) is 6. The smallest absolute Gasteiger partial charge is 0.268 e. The highest BCUT2D eigenvalue weighted by Gasteiger charge is 2.20. The van der Waals surface area contributed by atoms with E-state index in [1.165, 1.54) is 0 Å². The van der Waals surface area contributed by atoms with Crippen molar-refractivity contribution in [3.05, 3.63) is 69.6 Å². The number of carbonyl (C=O) groups is 1. The average molecular weight is 530 g/mol. The van der Waals surface area contributed by atoms with Gasteiger partial charge in [0.15, 0.2) is 5.75 Å². The van der Waals surface area contributed by atoms with Crippen molar-refractivity contribution in [2.24, 2.45) is 0 Å². The summed E-state index contributed by atoms with van der Waals surface area (Å²) in [7, 11) is 0. The molecule has 2 aromatic carbocycles. The van der Waals surface area contributed by atoms with E-state index < -0.39 is 6.04 Å². The lowest BCUT2D eigenvalue weighted by molar-refractivity contribution is 0.0911. The molecule has 0 fully saturated rings. The van der Waals surface area contributed by atoms with E-state index >= 15 is 0 Å². The Kier molecular flexibility index (Phi) is 5.91. The van der Waals surface area contributed by atoms with Crippen molar-refractivity contribution in [3.8, 4) is 28.3 Å². The number of benzene rings is 2. The number of halogens is 1. The van der Waals surface area contributed by atoms with Crippen LogP contribution in [-0.2, 0) is 0 Å². The number of rotatable bonds is 6. The molecule has 0 spiro atoms. The van der Waals surface area contributed by atoms with Gasteiger partial charge in [0.1, 0.15) is 17.1 Å². The number of nitrogens with two attached hydrogens (primary N) is 1. The van der Waals surface area contributed by atoms with Gasteiger partial charge in [-0.3, -0.25) is 4.79 Å². The molecule has 0 aliphatic heterocycles. The predicted octanol–water partition coefficient (Wildman–Crippen LogP) is 2.82. The molecule has 1 atom stereocenters. The number of amides is 1. The summed E-state index contributed by atoms with van der Waals surface area (Å²) in [6.07, 6.45) is 1.65. The van der Waals surface area contributed by atoms with Gasteiger partial charge in [0.2, 0.25) is 0 Å². The fourth-order valence-corrected chi connectivity index (χ4v) is 3.86. The van der Waals surface area contributed by atoms with Crippen molar-refractivity contribution < 1.29 is 15.0 Å². The largest absolute Gasteiger partial charge is 0.505 e. The Morgan fingerprint density at radius 3 is 2.52 bits per heavy atom. The molecule has 4 aromatic rings. The number of phenols is 1. The molecule has 2 aromatic heterocycles. The zero-order chi connectivity index (χ0) is 22.0. The van der Waals surface area contributed by atoms with Crippen molar-refractivity contribution in [2.75, 3.05) is 12.3 Å². The second-order valence-corrected chi connectivity index (χ2v) is 8.00.